The van der Waals surface area contributed by atoms with Crippen LogP contribution in [0.15, 0.2) is 66.9 Å². The topological polar surface area (TPSA) is 54.1 Å². The quantitative estimate of drug-likeness (QED) is 0.528. The number of rotatable bonds is 4. The third-order valence-electron chi connectivity index (χ3n) is 3.43. The molecule has 1 heterocycles. The lowest BCUT2D eigenvalue weighted by atomic mass is 10.2. The van der Waals surface area contributed by atoms with E-state index in [-0.39, 0.29) is 5.91 Å². The average molecular weight is 346 g/mol. The summed E-state index contributed by atoms with van der Waals surface area (Å²) in [5.74, 6) is 3.63. The van der Waals surface area contributed by atoms with Gasteiger partial charge in [0.15, 0.2) is 0 Å². The molecule has 0 saturated heterocycles. The maximum atomic E-state index is 12.2. The zero-order valence-electron chi connectivity index (χ0n) is 13.2. The SMILES string of the molecule is C#Cc1ccc(Oc2ccc(NC(=O)c3ccc[nH]c3=S)cc2)cc1. The standard InChI is InChI=1S/C20H14N2O2S/c1-2-14-5-9-16(10-6-14)24-17-11-7-15(8-12-17)22-19(23)18-4-3-13-21-20(18)25/h1,3-13H,(H,21,25)(H,22,23). The summed E-state index contributed by atoms with van der Waals surface area (Å²) >= 11 is 5.11. The van der Waals surface area contributed by atoms with E-state index < -0.39 is 0 Å². The molecule has 122 valence electrons. The monoisotopic (exact) mass is 346 g/mol. The van der Waals surface area contributed by atoms with Gasteiger partial charge in [0, 0.05) is 17.4 Å². The van der Waals surface area contributed by atoms with E-state index in [1.807, 2.05) is 24.3 Å². The van der Waals surface area contributed by atoms with Crippen molar-refractivity contribution in [3.05, 3.63) is 82.6 Å². The second-order valence-electron chi connectivity index (χ2n) is 5.16. The molecule has 0 aliphatic rings. The molecule has 25 heavy (non-hydrogen) atoms. The first-order valence-corrected chi connectivity index (χ1v) is 7.90. The van der Waals surface area contributed by atoms with Gasteiger partial charge in [-0.25, -0.2) is 0 Å². The second-order valence-corrected chi connectivity index (χ2v) is 5.57. The predicted molar refractivity (Wildman–Crippen MR) is 100 cm³/mol. The maximum absolute atomic E-state index is 12.2. The zero-order valence-corrected chi connectivity index (χ0v) is 14.0. The number of carbonyl (C=O) groups excluding carboxylic acids is 1. The molecule has 5 heteroatoms. The summed E-state index contributed by atoms with van der Waals surface area (Å²) in [6.45, 7) is 0. The smallest absolute Gasteiger partial charge is 0.258 e. The average Bonchev–Trinajstić information content (AvgIpc) is 2.64. The van der Waals surface area contributed by atoms with Gasteiger partial charge in [0.1, 0.15) is 16.1 Å². The van der Waals surface area contributed by atoms with Crippen molar-refractivity contribution in [1.29, 1.82) is 0 Å². The molecule has 1 amide bonds. The molecule has 0 atom stereocenters. The molecule has 1 aromatic heterocycles. The van der Waals surface area contributed by atoms with Gasteiger partial charge >= 0.3 is 0 Å². The third-order valence-corrected chi connectivity index (χ3v) is 3.77. The van der Waals surface area contributed by atoms with Gasteiger partial charge in [0.25, 0.3) is 5.91 Å². The van der Waals surface area contributed by atoms with Crippen molar-refractivity contribution in [2.45, 2.75) is 0 Å². The summed E-state index contributed by atoms with van der Waals surface area (Å²) < 4.78 is 6.14. The number of terminal acetylenes is 1. The summed E-state index contributed by atoms with van der Waals surface area (Å²) in [6, 6.07) is 17.7. The summed E-state index contributed by atoms with van der Waals surface area (Å²) in [4.78, 5) is 15.1. The van der Waals surface area contributed by atoms with Crippen LogP contribution in [0.25, 0.3) is 0 Å². The normalized spacial score (nSPS) is 9.88. The van der Waals surface area contributed by atoms with Crippen LogP contribution in [0, 0.1) is 17.0 Å². The fourth-order valence-corrected chi connectivity index (χ4v) is 2.39. The maximum Gasteiger partial charge on any atom is 0.258 e. The molecular weight excluding hydrogens is 332 g/mol. The lowest BCUT2D eigenvalue weighted by Crippen LogP contribution is -2.12. The first-order chi connectivity index (χ1) is 12.2. The predicted octanol–water partition coefficient (Wildman–Crippen LogP) is 4.77. The van der Waals surface area contributed by atoms with Crippen molar-refractivity contribution in [2.75, 3.05) is 5.32 Å². The first kappa shape index (κ1) is 16.5. The van der Waals surface area contributed by atoms with E-state index in [4.69, 9.17) is 23.4 Å². The van der Waals surface area contributed by atoms with E-state index in [1.165, 1.54) is 0 Å². The number of aromatic amines is 1. The van der Waals surface area contributed by atoms with Crippen molar-refractivity contribution < 1.29 is 9.53 Å². The number of H-pyrrole nitrogens is 1. The number of benzene rings is 2. The molecule has 0 fully saturated rings. The minimum atomic E-state index is -0.264. The Morgan fingerprint density at radius 1 is 1.04 bits per heavy atom. The Bertz CT molecular complexity index is 984. The van der Waals surface area contributed by atoms with Gasteiger partial charge in [-0.15, -0.1) is 6.42 Å². The fourth-order valence-electron chi connectivity index (χ4n) is 2.16. The molecule has 2 aromatic carbocycles. The van der Waals surface area contributed by atoms with Gasteiger partial charge in [-0.05, 0) is 60.7 Å². The van der Waals surface area contributed by atoms with Crippen molar-refractivity contribution in [2.24, 2.45) is 0 Å². The van der Waals surface area contributed by atoms with E-state index in [9.17, 15) is 4.79 Å². The van der Waals surface area contributed by atoms with E-state index in [2.05, 4.69) is 16.2 Å². The number of anilines is 1. The van der Waals surface area contributed by atoms with Crippen LogP contribution in [0.1, 0.15) is 15.9 Å². The molecule has 0 spiro atoms. The van der Waals surface area contributed by atoms with Gasteiger partial charge in [-0.1, -0.05) is 18.1 Å². The van der Waals surface area contributed by atoms with Crippen LogP contribution in [0.4, 0.5) is 5.69 Å². The number of hydrogen-bond donors (Lipinski definition) is 2. The van der Waals surface area contributed by atoms with Crippen molar-refractivity contribution >= 4 is 23.8 Å². The number of hydrogen-bond acceptors (Lipinski definition) is 3. The highest BCUT2D eigenvalue weighted by atomic mass is 32.1. The van der Waals surface area contributed by atoms with Gasteiger partial charge in [-0.3, -0.25) is 4.79 Å². The van der Waals surface area contributed by atoms with Crippen LogP contribution < -0.4 is 10.1 Å². The Morgan fingerprint density at radius 3 is 2.28 bits per heavy atom. The molecular formula is C20H14N2O2S. The highest BCUT2D eigenvalue weighted by Gasteiger charge is 2.08. The summed E-state index contributed by atoms with van der Waals surface area (Å²) in [6.07, 6.45) is 7.01. The number of pyridine rings is 1. The summed E-state index contributed by atoms with van der Waals surface area (Å²) in [5.41, 5.74) is 1.87. The number of ether oxygens (including phenoxy) is 1. The molecule has 0 bridgehead atoms. The molecule has 0 saturated carbocycles. The summed E-state index contributed by atoms with van der Waals surface area (Å²) in [5, 5.41) is 2.80. The number of aromatic nitrogens is 1. The lowest BCUT2D eigenvalue weighted by molar-refractivity contribution is 0.102. The van der Waals surface area contributed by atoms with E-state index in [0.29, 0.717) is 27.4 Å². The zero-order chi connectivity index (χ0) is 17.6. The molecule has 0 aliphatic heterocycles. The van der Waals surface area contributed by atoms with Gasteiger partial charge < -0.3 is 15.0 Å². The number of amides is 1. The first-order valence-electron chi connectivity index (χ1n) is 7.49. The van der Waals surface area contributed by atoms with E-state index in [0.717, 1.165) is 5.56 Å². The Labute approximate surface area is 150 Å². The van der Waals surface area contributed by atoms with Crippen molar-refractivity contribution in [3.8, 4) is 23.8 Å². The van der Waals surface area contributed by atoms with Crippen LogP contribution >= 0.6 is 12.2 Å². The van der Waals surface area contributed by atoms with Crippen LogP contribution in [0.5, 0.6) is 11.5 Å². The Balaban J connectivity index is 1.68. The van der Waals surface area contributed by atoms with Crippen LogP contribution in [0.2, 0.25) is 0 Å². The largest absolute Gasteiger partial charge is 0.457 e. The summed E-state index contributed by atoms with van der Waals surface area (Å²) in [7, 11) is 0. The Morgan fingerprint density at radius 2 is 1.68 bits per heavy atom. The van der Waals surface area contributed by atoms with Gasteiger partial charge in [-0.2, -0.15) is 0 Å². The fraction of sp³-hybridized carbons (Fsp3) is 0. The number of carbonyl (C=O) groups is 1. The lowest BCUT2D eigenvalue weighted by Gasteiger charge is -2.08. The van der Waals surface area contributed by atoms with Crippen LogP contribution in [0.3, 0.4) is 0 Å². The molecule has 4 nitrogen and oxygen atoms in total. The molecule has 3 aromatic rings. The van der Waals surface area contributed by atoms with Crippen LogP contribution in [-0.4, -0.2) is 10.9 Å². The Kier molecular flexibility index (Phi) is 4.93. The minimum Gasteiger partial charge on any atom is -0.457 e. The van der Waals surface area contributed by atoms with E-state index in [1.54, 1.807) is 42.6 Å². The minimum absolute atomic E-state index is 0.264. The molecule has 2 N–H and O–H groups in total. The molecule has 0 aliphatic carbocycles. The van der Waals surface area contributed by atoms with E-state index >= 15 is 0 Å². The van der Waals surface area contributed by atoms with Gasteiger partial charge in [0.2, 0.25) is 0 Å². The van der Waals surface area contributed by atoms with Crippen molar-refractivity contribution in [1.82, 2.24) is 4.98 Å². The highest BCUT2D eigenvalue weighted by molar-refractivity contribution is 7.71. The van der Waals surface area contributed by atoms with Gasteiger partial charge in [0.05, 0.1) is 5.56 Å². The number of nitrogens with one attached hydrogen (secondary N) is 2. The third kappa shape index (κ3) is 4.14. The highest BCUT2D eigenvalue weighted by Crippen LogP contribution is 2.23. The molecule has 3 rings (SSSR count). The molecule has 0 radical (unpaired) electrons. The van der Waals surface area contributed by atoms with Crippen molar-refractivity contribution in [3.63, 3.8) is 0 Å². The Hall–Kier alpha value is -3.36. The second kappa shape index (κ2) is 7.47. The van der Waals surface area contributed by atoms with Crippen LogP contribution in [-0.2, 0) is 0 Å². The molecule has 0 unspecified atom stereocenters.